The number of piperidine rings is 1. The first-order valence-corrected chi connectivity index (χ1v) is 9.02. The summed E-state index contributed by atoms with van der Waals surface area (Å²) in [6.07, 6.45) is 2.26. The number of halogens is 3. The van der Waals surface area contributed by atoms with Crippen molar-refractivity contribution in [2.24, 2.45) is 0 Å². The first-order chi connectivity index (χ1) is 13.5. The normalized spacial score (nSPS) is 19.0. The van der Waals surface area contributed by atoms with Gasteiger partial charge in [0.25, 0.3) is 0 Å². The third kappa shape index (κ3) is 4.30. The first kappa shape index (κ1) is 20.9. The SMILES string of the molecule is Cl.O=C(Cn1nc2ccccn2c1=O)NC1CNCCC1c1ccc(F)c(F)c1. The van der Waals surface area contributed by atoms with Gasteiger partial charge in [0.1, 0.15) is 6.54 Å². The molecular formula is C19H20ClF2N5O2. The minimum absolute atomic E-state index is 0. The van der Waals surface area contributed by atoms with Crippen molar-refractivity contribution < 1.29 is 13.6 Å². The number of hydrogen-bond donors (Lipinski definition) is 2. The molecule has 2 unspecified atom stereocenters. The van der Waals surface area contributed by atoms with E-state index >= 15 is 0 Å². The molecule has 2 atom stereocenters. The third-order valence-electron chi connectivity index (χ3n) is 4.98. The summed E-state index contributed by atoms with van der Waals surface area (Å²) in [5.41, 5.74) is 0.694. The second-order valence-corrected chi connectivity index (χ2v) is 6.82. The predicted octanol–water partition coefficient (Wildman–Crippen LogP) is 1.46. The molecule has 10 heteroatoms. The lowest BCUT2D eigenvalue weighted by Gasteiger charge is -2.33. The fourth-order valence-corrected chi connectivity index (χ4v) is 3.61. The van der Waals surface area contributed by atoms with E-state index in [1.54, 1.807) is 30.5 Å². The number of carbonyl (C=O) groups excluding carboxylic acids is 1. The lowest BCUT2D eigenvalue weighted by molar-refractivity contribution is -0.122. The molecule has 0 spiro atoms. The third-order valence-corrected chi connectivity index (χ3v) is 4.98. The van der Waals surface area contributed by atoms with Crippen molar-refractivity contribution in [1.29, 1.82) is 0 Å². The van der Waals surface area contributed by atoms with E-state index in [1.165, 1.54) is 10.5 Å². The van der Waals surface area contributed by atoms with E-state index in [1.807, 2.05) is 0 Å². The molecule has 0 radical (unpaired) electrons. The number of amides is 1. The van der Waals surface area contributed by atoms with Gasteiger partial charge in [-0.05, 0) is 42.8 Å². The number of pyridine rings is 1. The van der Waals surface area contributed by atoms with Crippen LogP contribution in [-0.2, 0) is 11.3 Å². The number of rotatable bonds is 4. The van der Waals surface area contributed by atoms with Gasteiger partial charge in [-0.1, -0.05) is 12.1 Å². The Morgan fingerprint density at radius 1 is 1.24 bits per heavy atom. The Kier molecular flexibility index (Phi) is 6.29. The van der Waals surface area contributed by atoms with Crippen LogP contribution in [0.15, 0.2) is 47.4 Å². The van der Waals surface area contributed by atoms with Gasteiger partial charge in [-0.15, -0.1) is 17.5 Å². The van der Waals surface area contributed by atoms with Gasteiger partial charge in [-0.2, -0.15) is 0 Å². The molecule has 4 rings (SSSR count). The molecule has 0 aliphatic carbocycles. The van der Waals surface area contributed by atoms with Gasteiger partial charge in [0, 0.05) is 24.7 Å². The van der Waals surface area contributed by atoms with Gasteiger partial charge in [0.2, 0.25) is 5.91 Å². The lowest BCUT2D eigenvalue weighted by atomic mass is 9.86. The Labute approximate surface area is 171 Å². The van der Waals surface area contributed by atoms with Crippen LogP contribution in [0.5, 0.6) is 0 Å². The van der Waals surface area contributed by atoms with Crippen molar-refractivity contribution >= 4 is 24.0 Å². The van der Waals surface area contributed by atoms with Gasteiger partial charge < -0.3 is 10.6 Å². The number of carbonyl (C=O) groups is 1. The van der Waals surface area contributed by atoms with Gasteiger partial charge in [-0.25, -0.2) is 18.3 Å². The van der Waals surface area contributed by atoms with Crippen molar-refractivity contribution in [3.05, 3.63) is 70.3 Å². The number of aromatic nitrogens is 3. The van der Waals surface area contributed by atoms with Gasteiger partial charge in [-0.3, -0.25) is 9.20 Å². The molecule has 7 nitrogen and oxygen atoms in total. The number of benzene rings is 1. The molecule has 2 aromatic heterocycles. The maximum Gasteiger partial charge on any atom is 0.350 e. The Hall–Kier alpha value is -2.78. The molecule has 0 saturated carbocycles. The van der Waals surface area contributed by atoms with Crippen LogP contribution in [0.3, 0.4) is 0 Å². The molecule has 1 fully saturated rings. The number of hydrogen-bond acceptors (Lipinski definition) is 4. The zero-order chi connectivity index (χ0) is 19.7. The Morgan fingerprint density at radius 3 is 2.83 bits per heavy atom. The second-order valence-electron chi connectivity index (χ2n) is 6.82. The fraction of sp³-hybridized carbons (Fsp3) is 0.316. The quantitative estimate of drug-likeness (QED) is 0.665. The van der Waals surface area contributed by atoms with Crippen molar-refractivity contribution in [2.45, 2.75) is 24.9 Å². The number of nitrogens with one attached hydrogen (secondary N) is 2. The van der Waals surface area contributed by atoms with E-state index in [4.69, 9.17) is 0 Å². The molecule has 2 N–H and O–H groups in total. The maximum absolute atomic E-state index is 13.6. The zero-order valence-electron chi connectivity index (χ0n) is 15.3. The van der Waals surface area contributed by atoms with Crippen LogP contribution in [-0.4, -0.2) is 39.2 Å². The summed E-state index contributed by atoms with van der Waals surface area (Å²) in [5, 5.41) is 10.2. The average molecular weight is 424 g/mol. The highest BCUT2D eigenvalue weighted by atomic mass is 35.5. The van der Waals surface area contributed by atoms with Crippen molar-refractivity contribution in [3.8, 4) is 0 Å². The summed E-state index contributed by atoms with van der Waals surface area (Å²) in [4.78, 5) is 24.8. The van der Waals surface area contributed by atoms with Gasteiger partial charge >= 0.3 is 5.69 Å². The Bertz CT molecular complexity index is 1080. The summed E-state index contributed by atoms with van der Waals surface area (Å²) in [5.74, 6) is -2.33. The van der Waals surface area contributed by atoms with E-state index in [0.717, 1.165) is 10.7 Å². The Balaban J connectivity index is 0.00000240. The highest BCUT2D eigenvalue weighted by Gasteiger charge is 2.28. The molecule has 154 valence electrons. The summed E-state index contributed by atoms with van der Waals surface area (Å²) >= 11 is 0. The van der Waals surface area contributed by atoms with E-state index < -0.39 is 17.3 Å². The standard InChI is InChI=1S/C19H19F2N5O2.ClH/c20-14-5-4-12(9-15(14)21)13-6-7-22-10-16(13)23-18(27)11-26-19(28)25-8-2-1-3-17(25)24-26;/h1-5,8-9,13,16,22H,6-7,10-11H2,(H,23,27);1H. The molecular weight excluding hydrogens is 404 g/mol. The fourth-order valence-electron chi connectivity index (χ4n) is 3.61. The maximum atomic E-state index is 13.6. The molecule has 1 amide bonds. The smallest absolute Gasteiger partial charge is 0.350 e. The first-order valence-electron chi connectivity index (χ1n) is 9.02. The highest BCUT2D eigenvalue weighted by Crippen LogP contribution is 2.27. The average Bonchev–Trinajstić information content (AvgIpc) is 3.00. The van der Waals surface area contributed by atoms with E-state index in [9.17, 15) is 18.4 Å². The summed E-state index contributed by atoms with van der Waals surface area (Å²) in [6.45, 7) is 0.985. The van der Waals surface area contributed by atoms with Crippen LogP contribution in [0.2, 0.25) is 0 Å². The molecule has 3 heterocycles. The van der Waals surface area contributed by atoms with E-state index in [-0.39, 0.29) is 36.8 Å². The van der Waals surface area contributed by atoms with Crippen LogP contribution < -0.4 is 16.3 Å². The Morgan fingerprint density at radius 2 is 2.07 bits per heavy atom. The second kappa shape index (κ2) is 8.71. The topological polar surface area (TPSA) is 80.4 Å². The summed E-state index contributed by atoms with van der Waals surface area (Å²) < 4.78 is 29.3. The van der Waals surface area contributed by atoms with Crippen LogP contribution >= 0.6 is 12.4 Å². The minimum atomic E-state index is -0.905. The molecule has 0 bridgehead atoms. The molecule has 1 aliphatic rings. The van der Waals surface area contributed by atoms with E-state index in [0.29, 0.717) is 30.7 Å². The molecule has 3 aromatic rings. The summed E-state index contributed by atoms with van der Waals surface area (Å²) in [6, 6.07) is 8.66. The summed E-state index contributed by atoms with van der Waals surface area (Å²) in [7, 11) is 0. The largest absolute Gasteiger partial charge is 0.350 e. The van der Waals surface area contributed by atoms with Gasteiger partial charge in [0.05, 0.1) is 0 Å². The number of fused-ring (bicyclic) bond motifs is 1. The molecule has 1 aliphatic heterocycles. The zero-order valence-corrected chi connectivity index (χ0v) is 16.2. The molecule has 1 aromatic carbocycles. The van der Waals surface area contributed by atoms with Crippen LogP contribution in [0.4, 0.5) is 8.78 Å². The predicted molar refractivity (Wildman–Crippen MR) is 105 cm³/mol. The molecule has 29 heavy (non-hydrogen) atoms. The van der Waals surface area contributed by atoms with Gasteiger partial charge in [0.15, 0.2) is 17.3 Å². The lowest BCUT2D eigenvalue weighted by Crippen LogP contribution is -2.51. The van der Waals surface area contributed by atoms with Crippen LogP contribution in [0.1, 0.15) is 17.9 Å². The number of nitrogens with zero attached hydrogens (tertiary/aromatic N) is 3. The van der Waals surface area contributed by atoms with Crippen molar-refractivity contribution in [3.63, 3.8) is 0 Å². The van der Waals surface area contributed by atoms with Crippen LogP contribution in [0.25, 0.3) is 5.65 Å². The highest BCUT2D eigenvalue weighted by molar-refractivity contribution is 5.85. The van der Waals surface area contributed by atoms with Crippen LogP contribution in [0, 0.1) is 11.6 Å². The monoisotopic (exact) mass is 423 g/mol. The van der Waals surface area contributed by atoms with Crippen molar-refractivity contribution in [1.82, 2.24) is 24.8 Å². The van der Waals surface area contributed by atoms with Crippen molar-refractivity contribution in [2.75, 3.05) is 13.1 Å². The molecule has 1 saturated heterocycles. The minimum Gasteiger partial charge on any atom is -0.350 e. The van der Waals surface area contributed by atoms with E-state index in [2.05, 4.69) is 15.7 Å².